The molecule has 0 unspecified atom stereocenters. The molecule has 106 valence electrons. The summed E-state index contributed by atoms with van der Waals surface area (Å²) in [6, 6.07) is 8.79. The first kappa shape index (κ1) is 13.2. The zero-order chi connectivity index (χ0) is 14.4. The lowest BCUT2D eigenvalue weighted by molar-refractivity contribution is -0.139. The summed E-state index contributed by atoms with van der Waals surface area (Å²) in [5, 5.41) is 1.30. The number of fused-ring (bicyclic) bond motifs is 3. The fourth-order valence-electron chi connectivity index (χ4n) is 3.42. The normalized spacial score (nSPS) is 22.4. The smallest absolute Gasteiger partial charge is 0.225 e. The van der Waals surface area contributed by atoms with Gasteiger partial charge in [0.25, 0.3) is 0 Å². The molecule has 1 aliphatic heterocycles. The van der Waals surface area contributed by atoms with E-state index in [-0.39, 0.29) is 23.9 Å². The molecule has 0 saturated carbocycles. The zero-order valence-corrected chi connectivity index (χ0v) is 12.6. The van der Waals surface area contributed by atoms with Crippen molar-refractivity contribution in [3.8, 4) is 0 Å². The number of hydrogen-bond acceptors (Lipinski definition) is 1. The van der Waals surface area contributed by atoms with Gasteiger partial charge >= 0.3 is 0 Å². The van der Waals surface area contributed by atoms with E-state index in [4.69, 9.17) is 0 Å². The molecule has 1 aliphatic rings. The third-order valence-corrected chi connectivity index (χ3v) is 4.40. The highest BCUT2D eigenvalue weighted by molar-refractivity contribution is 5.86. The molecule has 2 heterocycles. The number of amides is 1. The summed E-state index contributed by atoms with van der Waals surface area (Å²) in [5.41, 5.74) is 3.77. The molecule has 1 N–H and O–H groups in total. The Labute approximate surface area is 120 Å². The fraction of sp³-hybridized carbons (Fsp3) is 0.471. The SMILES string of the molecule is CC(C)C(=O)N1[C@H](C)Cc2c([nH]c3ccccc23)[C@H]1C. The van der Waals surface area contributed by atoms with Crippen LogP contribution in [0.1, 0.15) is 45.0 Å². The number of aromatic amines is 1. The van der Waals surface area contributed by atoms with Crippen LogP contribution in [0.4, 0.5) is 0 Å². The first-order valence-corrected chi connectivity index (χ1v) is 7.42. The topological polar surface area (TPSA) is 36.1 Å². The Kier molecular flexibility index (Phi) is 3.08. The highest BCUT2D eigenvalue weighted by Crippen LogP contribution is 2.37. The summed E-state index contributed by atoms with van der Waals surface area (Å²) < 4.78 is 0. The summed E-state index contributed by atoms with van der Waals surface area (Å²) in [5.74, 6) is 0.292. The second-order valence-electron chi connectivity index (χ2n) is 6.19. The van der Waals surface area contributed by atoms with Crippen molar-refractivity contribution in [2.24, 2.45) is 5.92 Å². The molecule has 0 bridgehead atoms. The first-order valence-electron chi connectivity index (χ1n) is 7.42. The van der Waals surface area contributed by atoms with Crippen molar-refractivity contribution >= 4 is 16.8 Å². The molecule has 3 nitrogen and oxygen atoms in total. The van der Waals surface area contributed by atoms with Crippen LogP contribution >= 0.6 is 0 Å². The van der Waals surface area contributed by atoms with Crippen LogP contribution in [-0.4, -0.2) is 21.8 Å². The molecule has 0 spiro atoms. The summed E-state index contributed by atoms with van der Waals surface area (Å²) in [4.78, 5) is 18.0. The largest absolute Gasteiger partial charge is 0.356 e. The van der Waals surface area contributed by atoms with Crippen molar-refractivity contribution < 1.29 is 4.79 Å². The Morgan fingerprint density at radius 1 is 1.30 bits per heavy atom. The molecule has 3 rings (SSSR count). The number of carbonyl (C=O) groups excluding carboxylic acids is 1. The van der Waals surface area contributed by atoms with E-state index >= 15 is 0 Å². The number of nitrogens with zero attached hydrogens (tertiary/aromatic N) is 1. The van der Waals surface area contributed by atoms with E-state index in [1.54, 1.807) is 0 Å². The Morgan fingerprint density at radius 2 is 2.00 bits per heavy atom. The van der Waals surface area contributed by atoms with Crippen molar-refractivity contribution in [3.05, 3.63) is 35.5 Å². The lowest BCUT2D eigenvalue weighted by Crippen LogP contribution is -2.46. The van der Waals surface area contributed by atoms with Crippen LogP contribution in [0.2, 0.25) is 0 Å². The summed E-state index contributed by atoms with van der Waals surface area (Å²) in [7, 11) is 0. The molecule has 20 heavy (non-hydrogen) atoms. The second-order valence-corrected chi connectivity index (χ2v) is 6.19. The Bertz CT molecular complexity index is 656. The summed E-state index contributed by atoms with van der Waals surface area (Å²) >= 11 is 0. The summed E-state index contributed by atoms with van der Waals surface area (Å²) in [6.45, 7) is 8.23. The predicted molar refractivity (Wildman–Crippen MR) is 81.6 cm³/mol. The van der Waals surface area contributed by atoms with Crippen molar-refractivity contribution in [2.45, 2.75) is 46.2 Å². The first-order chi connectivity index (χ1) is 9.50. The number of benzene rings is 1. The van der Waals surface area contributed by atoms with Crippen LogP contribution in [0, 0.1) is 5.92 Å². The lowest BCUT2D eigenvalue weighted by atomic mass is 9.92. The van der Waals surface area contributed by atoms with Crippen LogP contribution < -0.4 is 0 Å². The molecule has 3 heteroatoms. The van der Waals surface area contributed by atoms with Gasteiger partial charge in [0.05, 0.1) is 6.04 Å². The molecular weight excluding hydrogens is 248 g/mol. The number of hydrogen-bond donors (Lipinski definition) is 1. The summed E-state index contributed by atoms with van der Waals surface area (Å²) in [6.07, 6.45) is 0.933. The Morgan fingerprint density at radius 3 is 2.70 bits per heavy atom. The molecular formula is C17H22N2O. The minimum atomic E-state index is 0.0471. The van der Waals surface area contributed by atoms with Gasteiger partial charge in [0.15, 0.2) is 0 Å². The van der Waals surface area contributed by atoms with Crippen LogP contribution in [0.5, 0.6) is 0 Å². The number of rotatable bonds is 1. The van der Waals surface area contributed by atoms with Crippen LogP contribution in [0.15, 0.2) is 24.3 Å². The standard InChI is InChI=1S/C17H22N2O/c1-10(2)17(20)19-11(3)9-14-13-7-5-6-8-15(13)18-16(14)12(19)4/h5-8,10-12,18H,9H2,1-4H3/t11-,12-/m1/s1. The van der Waals surface area contributed by atoms with Crippen molar-refractivity contribution in [3.63, 3.8) is 0 Å². The van der Waals surface area contributed by atoms with Gasteiger partial charge in [-0.05, 0) is 31.9 Å². The molecule has 1 aromatic heterocycles. The molecule has 2 aromatic rings. The van der Waals surface area contributed by atoms with Crippen LogP contribution in [0.3, 0.4) is 0 Å². The molecule has 0 radical (unpaired) electrons. The zero-order valence-electron chi connectivity index (χ0n) is 12.6. The molecule has 1 amide bonds. The maximum atomic E-state index is 12.5. The van der Waals surface area contributed by atoms with Gasteiger partial charge in [-0.3, -0.25) is 4.79 Å². The third kappa shape index (κ3) is 1.84. The van der Waals surface area contributed by atoms with E-state index in [9.17, 15) is 4.79 Å². The van der Waals surface area contributed by atoms with Gasteiger partial charge in [0.2, 0.25) is 5.91 Å². The molecule has 0 aliphatic carbocycles. The minimum Gasteiger partial charge on any atom is -0.356 e. The van der Waals surface area contributed by atoms with E-state index in [0.717, 1.165) is 6.42 Å². The number of carbonyl (C=O) groups is 1. The predicted octanol–water partition coefficient (Wildman–Crippen LogP) is 3.66. The highest BCUT2D eigenvalue weighted by Gasteiger charge is 2.35. The number of H-pyrrole nitrogens is 1. The molecule has 0 saturated heterocycles. The number of nitrogens with one attached hydrogen (secondary N) is 1. The minimum absolute atomic E-state index is 0.0471. The van der Waals surface area contributed by atoms with Crippen molar-refractivity contribution in [1.82, 2.24) is 9.88 Å². The molecule has 1 aromatic carbocycles. The Balaban J connectivity index is 2.10. The highest BCUT2D eigenvalue weighted by atomic mass is 16.2. The average molecular weight is 270 g/mol. The van der Waals surface area contributed by atoms with E-state index in [1.807, 2.05) is 18.7 Å². The number of para-hydroxylation sites is 1. The maximum absolute atomic E-state index is 12.5. The van der Waals surface area contributed by atoms with E-state index in [1.165, 1.54) is 22.2 Å². The average Bonchev–Trinajstić information content (AvgIpc) is 2.78. The van der Waals surface area contributed by atoms with E-state index in [0.29, 0.717) is 0 Å². The Hall–Kier alpha value is -1.77. The quantitative estimate of drug-likeness (QED) is 0.843. The van der Waals surface area contributed by atoms with Gasteiger partial charge < -0.3 is 9.88 Å². The molecule has 0 fully saturated rings. The fourth-order valence-corrected chi connectivity index (χ4v) is 3.42. The van der Waals surface area contributed by atoms with Crippen molar-refractivity contribution in [1.29, 1.82) is 0 Å². The monoisotopic (exact) mass is 270 g/mol. The van der Waals surface area contributed by atoms with Gasteiger partial charge in [-0.1, -0.05) is 32.0 Å². The van der Waals surface area contributed by atoms with E-state index < -0.39 is 0 Å². The second kappa shape index (κ2) is 4.65. The van der Waals surface area contributed by atoms with Crippen LogP contribution in [0.25, 0.3) is 10.9 Å². The maximum Gasteiger partial charge on any atom is 0.225 e. The van der Waals surface area contributed by atoms with Crippen LogP contribution in [-0.2, 0) is 11.2 Å². The van der Waals surface area contributed by atoms with Gasteiger partial charge in [-0.2, -0.15) is 0 Å². The van der Waals surface area contributed by atoms with Crippen molar-refractivity contribution in [2.75, 3.05) is 0 Å². The van der Waals surface area contributed by atoms with Gasteiger partial charge in [-0.15, -0.1) is 0 Å². The third-order valence-electron chi connectivity index (χ3n) is 4.40. The van der Waals surface area contributed by atoms with Gasteiger partial charge in [0.1, 0.15) is 0 Å². The number of aromatic nitrogens is 1. The lowest BCUT2D eigenvalue weighted by Gasteiger charge is -2.40. The van der Waals surface area contributed by atoms with Gasteiger partial charge in [0, 0.05) is 28.6 Å². The van der Waals surface area contributed by atoms with Gasteiger partial charge in [-0.25, -0.2) is 0 Å². The molecule has 2 atom stereocenters. The van der Waals surface area contributed by atoms with E-state index in [2.05, 4.69) is 43.1 Å².